The van der Waals surface area contributed by atoms with Gasteiger partial charge in [-0.2, -0.15) is 0 Å². The number of carbonyl (C=O) groups excluding carboxylic acids is 3. The molecule has 10 nitrogen and oxygen atoms in total. The van der Waals surface area contributed by atoms with Crippen molar-refractivity contribution in [1.29, 1.82) is 0 Å². The summed E-state index contributed by atoms with van der Waals surface area (Å²) < 4.78 is 10.7. The summed E-state index contributed by atoms with van der Waals surface area (Å²) in [6.07, 6.45) is 0.774. The summed E-state index contributed by atoms with van der Waals surface area (Å²) in [5, 5.41) is 20.6. The van der Waals surface area contributed by atoms with Crippen molar-refractivity contribution in [3.8, 4) is 17.0 Å². The van der Waals surface area contributed by atoms with Gasteiger partial charge in [-0.05, 0) is 72.9 Å². The Bertz CT molecular complexity index is 1700. The molecule has 51 heavy (non-hydrogen) atoms. The van der Waals surface area contributed by atoms with Crippen LogP contribution in [0.1, 0.15) is 49.4 Å². The number of amides is 3. The van der Waals surface area contributed by atoms with E-state index in [9.17, 15) is 19.5 Å². The summed E-state index contributed by atoms with van der Waals surface area (Å²) in [5.41, 5.74) is 4.81. The molecule has 0 bridgehead atoms. The number of hydrogen-bond donors (Lipinski definition) is 4. The molecule has 270 valence electrons. The number of aromatic nitrogens is 1. The second-order valence-electron chi connectivity index (χ2n) is 13.9. The molecule has 4 unspecified atom stereocenters. The summed E-state index contributed by atoms with van der Waals surface area (Å²) >= 11 is 0. The number of rotatable bonds is 15. The van der Waals surface area contributed by atoms with Crippen molar-refractivity contribution in [1.82, 2.24) is 20.9 Å². The molecule has 0 radical (unpaired) electrons. The van der Waals surface area contributed by atoms with Crippen LogP contribution in [-0.2, 0) is 27.2 Å². The van der Waals surface area contributed by atoms with E-state index >= 15 is 0 Å². The number of aliphatic hydroxyl groups is 1. The molecule has 4 N–H and O–H groups in total. The molecule has 0 aliphatic heterocycles. The molecule has 3 amide bonds. The van der Waals surface area contributed by atoms with Gasteiger partial charge in [-0.3, -0.25) is 14.6 Å². The van der Waals surface area contributed by atoms with Gasteiger partial charge in [-0.15, -0.1) is 0 Å². The van der Waals surface area contributed by atoms with Crippen LogP contribution in [0.2, 0.25) is 0 Å². The Morgan fingerprint density at radius 1 is 0.784 bits per heavy atom. The van der Waals surface area contributed by atoms with E-state index in [1.54, 1.807) is 6.20 Å². The second-order valence-corrected chi connectivity index (χ2v) is 13.9. The molecule has 1 heterocycles. The van der Waals surface area contributed by atoms with Gasteiger partial charge in [0.1, 0.15) is 11.8 Å². The fraction of sp³-hybridized carbons (Fsp3) is 0.366. The van der Waals surface area contributed by atoms with Gasteiger partial charge in [-0.25, -0.2) is 4.79 Å². The quantitative estimate of drug-likeness (QED) is 0.125. The summed E-state index contributed by atoms with van der Waals surface area (Å²) in [6, 6.07) is 26.8. The van der Waals surface area contributed by atoms with Gasteiger partial charge < -0.3 is 30.5 Å². The maximum atomic E-state index is 13.8. The number of hydrogen-bond acceptors (Lipinski definition) is 7. The smallest absolute Gasteiger partial charge is 0.407 e. The molecular weight excluding hydrogens is 644 g/mol. The van der Waals surface area contributed by atoms with Crippen molar-refractivity contribution in [3.63, 3.8) is 0 Å². The largest absolute Gasteiger partial charge is 0.483 e. The van der Waals surface area contributed by atoms with E-state index < -0.39 is 41.6 Å². The molecule has 4 atom stereocenters. The average molecular weight is 695 g/mol. The van der Waals surface area contributed by atoms with Gasteiger partial charge in [-0.1, -0.05) is 99.6 Å². The van der Waals surface area contributed by atoms with Gasteiger partial charge in [0.05, 0.1) is 24.9 Å². The van der Waals surface area contributed by atoms with Crippen LogP contribution in [0.15, 0.2) is 97.2 Å². The summed E-state index contributed by atoms with van der Waals surface area (Å²) in [5.74, 6) is -0.127. The number of para-hydroxylation sites is 1. The fourth-order valence-corrected chi connectivity index (χ4v) is 5.98. The van der Waals surface area contributed by atoms with Gasteiger partial charge in [0.15, 0.2) is 6.61 Å². The van der Waals surface area contributed by atoms with Gasteiger partial charge in [0.25, 0.3) is 5.91 Å². The predicted octanol–water partition coefficient (Wildman–Crippen LogP) is 5.72. The zero-order chi connectivity index (χ0) is 37.0. The van der Waals surface area contributed by atoms with Crippen molar-refractivity contribution in [2.24, 2.45) is 5.41 Å². The third-order valence-electron chi connectivity index (χ3n) is 8.71. The zero-order valence-corrected chi connectivity index (χ0v) is 30.3. The molecular formula is C41H50N4O6. The number of aliphatic hydroxyl groups excluding tert-OH is 1. The average Bonchev–Trinajstić information content (AvgIpc) is 3.10. The molecule has 10 heteroatoms. The number of methoxy groups -OCH3 is 1. The lowest BCUT2D eigenvalue weighted by Gasteiger charge is -2.33. The number of aryl methyl sites for hydroxylation is 2. The number of benzene rings is 3. The Balaban J connectivity index is 1.58. The third kappa shape index (κ3) is 11.7. The van der Waals surface area contributed by atoms with E-state index in [1.807, 2.05) is 126 Å². The zero-order valence-electron chi connectivity index (χ0n) is 30.3. The van der Waals surface area contributed by atoms with Crippen LogP contribution < -0.4 is 20.7 Å². The minimum atomic E-state index is -1.09. The first-order valence-electron chi connectivity index (χ1n) is 17.2. The molecule has 0 saturated heterocycles. The van der Waals surface area contributed by atoms with Crippen LogP contribution in [0.5, 0.6) is 5.75 Å². The van der Waals surface area contributed by atoms with Crippen molar-refractivity contribution < 1.29 is 29.0 Å². The lowest BCUT2D eigenvalue weighted by Crippen LogP contribution is -2.58. The van der Waals surface area contributed by atoms with E-state index in [4.69, 9.17) is 9.47 Å². The van der Waals surface area contributed by atoms with Crippen LogP contribution in [0, 0.1) is 19.3 Å². The van der Waals surface area contributed by atoms with Gasteiger partial charge in [0, 0.05) is 17.8 Å². The maximum Gasteiger partial charge on any atom is 0.407 e. The Morgan fingerprint density at radius 3 is 2.04 bits per heavy atom. The molecule has 0 saturated carbocycles. The minimum absolute atomic E-state index is 0.131. The lowest BCUT2D eigenvalue weighted by molar-refractivity contribution is -0.127. The lowest BCUT2D eigenvalue weighted by atomic mass is 9.85. The first kappa shape index (κ1) is 38.6. The molecule has 0 aliphatic rings. The predicted molar refractivity (Wildman–Crippen MR) is 198 cm³/mol. The molecule has 4 rings (SSSR count). The number of nitrogens with one attached hydrogen (secondary N) is 3. The Hall–Kier alpha value is -5.22. The number of carbonyl (C=O) groups is 3. The van der Waals surface area contributed by atoms with Crippen molar-refractivity contribution in [2.45, 2.75) is 78.1 Å². The highest BCUT2D eigenvalue weighted by Crippen LogP contribution is 2.24. The first-order chi connectivity index (χ1) is 24.3. The molecule has 3 aromatic carbocycles. The van der Waals surface area contributed by atoms with Crippen LogP contribution in [0.3, 0.4) is 0 Å². The van der Waals surface area contributed by atoms with E-state index in [-0.39, 0.29) is 25.4 Å². The third-order valence-corrected chi connectivity index (χ3v) is 8.71. The van der Waals surface area contributed by atoms with Crippen LogP contribution >= 0.6 is 0 Å². The van der Waals surface area contributed by atoms with Gasteiger partial charge in [0.2, 0.25) is 5.91 Å². The molecule has 4 aromatic rings. The Kier molecular flexibility index (Phi) is 13.7. The first-order valence-corrected chi connectivity index (χ1v) is 17.2. The maximum absolute atomic E-state index is 13.8. The van der Waals surface area contributed by atoms with E-state index in [0.29, 0.717) is 12.2 Å². The molecule has 0 fully saturated rings. The fourth-order valence-electron chi connectivity index (χ4n) is 5.98. The second kappa shape index (κ2) is 18.1. The number of alkyl carbamates (subject to hydrolysis) is 1. The standard InChI is InChI=1S/C41H50N4O6/c1-27-13-12-14-28(2)37(27)51-26-36(47)43-32(23-29-15-8-7-9-16-29)25-35(46)34(44-39(48)38(41(3,4)5)45-40(49)50-6)24-30-18-20-31(21-19-30)33-17-10-11-22-42-33/h7-22,32,34-35,38,46H,23-26H2,1-6H3,(H,43,47)(H,44,48)(H,45,49). The van der Waals surface area contributed by atoms with Gasteiger partial charge >= 0.3 is 6.09 Å². The highest BCUT2D eigenvalue weighted by atomic mass is 16.5. The van der Waals surface area contributed by atoms with Crippen LogP contribution in [-0.4, -0.2) is 65.9 Å². The minimum Gasteiger partial charge on any atom is -0.483 e. The summed E-state index contributed by atoms with van der Waals surface area (Å²) in [4.78, 5) is 43.8. The van der Waals surface area contributed by atoms with E-state index in [1.165, 1.54) is 7.11 Å². The highest BCUT2D eigenvalue weighted by Gasteiger charge is 2.36. The van der Waals surface area contributed by atoms with E-state index in [2.05, 4.69) is 20.9 Å². The molecule has 0 spiro atoms. The highest BCUT2D eigenvalue weighted by molar-refractivity contribution is 5.86. The number of nitrogens with zero attached hydrogens (tertiary/aromatic N) is 1. The summed E-state index contributed by atoms with van der Waals surface area (Å²) in [7, 11) is 1.24. The molecule has 1 aromatic heterocycles. The molecule has 0 aliphatic carbocycles. The van der Waals surface area contributed by atoms with Crippen LogP contribution in [0.25, 0.3) is 11.3 Å². The monoisotopic (exact) mass is 694 g/mol. The van der Waals surface area contributed by atoms with Crippen molar-refractivity contribution in [3.05, 3.63) is 119 Å². The Labute approximate surface area is 301 Å². The van der Waals surface area contributed by atoms with Crippen molar-refractivity contribution in [2.75, 3.05) is 13.7 Å². The topological polar surface area (TPSA) is 139 Å². The van der Waals surface area contributed by atoms with Crippen molar-refractivity contribution >= 4 is 17.9 Å². The Morgan fingerprint density at radius 2 is 1.43 bits per heavy atom. The normalized spacial score (nSPS) is 13.6. The number of pyridine rings is 1. The number of ether oxygens (including phenoxy) is 2. The van der Waals surface area contributed by atoms with E-state index in [0.717, 1.165) is 33.5 Å². The summed E-state index contributed by atoms with van der Waals surface area (Å²) in [6.45, 7) is 9.17. The SMILES string of the molecule is COC(=O)NC(C(=O)NC(Cc1ccc(-c2ccccn2)cc1)C(O)CC(Cc1ccccc1)NC(=O)COc1c(C)cccc1C)C(C)(C)C. The van der Waals surface area contributed by atoms with Crippen LogP contribution in [0.4, 0.5) is 4.79 Å².